The summed E-state index contributed by atoms with van der Waals surface area (Å²) in [4.78, 5) is 27.4. The second-order valence-electron chi connectivity index (χ2n) is 5.08. The van der Waals surface area contributed by atoms with Crippen LogP contribution in [0.25, 0.3) is 0 Å². The fourth-order valence-corrected chi connectivity index (χ4v) is 2.12. The molecule has 7 heteroatoms. The summed E-state index contributed by atoms with van der Waals surface area (Å²) < 4.78 is 0. The van der Waals surface area contributed by atoms with E-state index in [4.69, 9.17) is 11.6 Å². The van der Waals surface area contributed by atoms with Crippen molar-refractivity contribution in [3.05, 3.63) is 58.9 Å². The van der Waals surface area contributed by atoms with Gasteiger partial charge in [0.25, 0.3) is 0 Å². The SMILES string of the molecule is Cc1cc(Cl)ccc1NC(=O)CCC(=O)N/N=C/c1ccncc1. The number of hydrogen-bond donors (Lipinski definition) is 2. The molecule has 0 aliphatic rings. The Labute approximate surface area is 144 Å². The van der Waals surface area contributed by atoms with Gasteiger partial charge in [0.1, 0.15) is 0 Å². The molecular weight excluding hydrogens is 328 g/mol. The lowest BCUT2D eigenvalue weighted by molar-refractivity contribution is -0.124. The maximum absolute atomic E-state index is 11.9. The summed E-state index contributed by atoms with van der Waals surface area (Å²) in [7, 11) is 0. The van der Waals surface area contributed by atoms with Crippen LogP contribution in [-0.2, 0) is 9.59 Å². The zero-order valence-corrected chi connectivity index (χ0v) is 13.9. The van der Waals surface area contributed by atoms with Crippen molar-refractivity contribution < 1.29 is 9.59 Å². The van der Waals surface area contributed by atoms with Crippen molar-refractivity contribution in [2.45, 2.75) is 19.8 Å². The molecule has 0 aliphatic carbocycles. The third-order valence-corrected chi connectivity index (χ3v) is 3.39. The summed E-state index contributed by atoms with van der Waals surface area (Å²) in [6.45, 7) is 1.85. The highest BCUT2D eigenvalue weighted by atomic mass is 35.5. The summed E-state index contributed by atoms with van der Waals surface area (Å²) in [6, 6.07) is 8.71. The van der Waals surface area contributed by atoms with Crippen LogP contribution in [0.2, 0.25) is 5.02 Å². The minimum Gasteiger partial charge on any atom is -0.326 e. The molecule has 0 saturated carbocycles. The van der Waals surface area contributed by atoms with Gasteiger partial charge in [-0.2, -0.15) is 5.10 Å². The standard InChI is InChI=1S/C17H17ClN4O2/c1-12-10-14(18)2-3-15(12)21-16(23)4-5-17(24)22-20-11-13-6-8-19-9-7-13/h2-3,6-11H,4-5H2,1H3,(H,21,23)(H,22,24)/b20-11+. The Hall–Kier alpha value is -2.73. The van der Waals surface area contributed by atoms with Crippen LogP contribution in [0.4, 0.5) is 5.69 Å². The lowest BCUT2D eigenvalue weighted by Gasteiger charge is -2.08. The summed E-state index contributed by atoms with van der Waals surface area (Å²) in [5.41, 5.74) is 4.75. The Kier molecular flexibility index (Phi) is 6.45. The summed E-state index contributed by atoms with van der Waals surface area (Å²) in [5.74, 6) is -0.572. The van der Waals surface area contributed by atoms with Crippen LogP contribution < -0.4 is 10.7 Å². The lowest BCUT2D eigenvalue weighted by atomic mass is 10.2. The van der Waals surface area contributed by atoms with Gasteiger partial charge in [0.2, 0.25) is 11.8 Å². The smallest absolute Gasteiger partial charge is 0.240 e. The number of aryl methyl sites for hydroxylation is 1. The Bertz CT molecular complexity index is 748. The maximum atomic E-state index is 11.9. The van der Waals surface area contributed by atoms with E-state index in [0.717, 1.165) is 11.1 Å². The normalized spacial score (nSPS) is 10.6. The van der Waals surface area contributed by atoms with Gasteiger partial charge in [-0.1, -0.05) is 11.6 Å². The molecule has 0 bridgehead atoms. The molecule has 2 N–H and O–H groups in total. The van der Waals surface area contributed by atoms with E-state index in [9.17, 15) is 9.59 Å². The molecule has 0 fully saturated rings. The summed E-state index contributed by atoms with van der Waals surface area (Å²) in [5, 5.41) is 7.19. The van der Waals surface area contributed by atoms with Crippen molar-refractivity contribution in [1.29, 1.82) is 0 Å². The first-order valence-electron chi connectivity index (χ1n) is 7.32. The third kappa shape index (κ3) is 5.81. The van der Waals surface area contributed by atoms with Crippen LogP contribution in [0.15, 0.2) is 47.8 Å². The Morgan fingerprint density at radius 1 is 1.17 bits per heavy atom. The van der Waals surface area contributed by atoms with Gasteiger partial charge in [-0.3, -0.25) is 14.6 Å². The molecule has 2 rings (SSSR count). The monoisotopic (exact) mass is 344 g/mol. The van der Waals surface area contributed by atoms with Crippen LogP contribution in [0.3, 0.4) is 0 Å². The maximum Gasteiger partial charge on any atom is 0.240 e. The van der Waals surface area contributed by atoms with Gasteiger partial charge in [-0.05, 0) is 48.4 Å². The molecule has 1 aromatic heterocycles. The third-order valence-electron chi connectivity index (χ3n) is 3.15. The van der Waals surface area contributed by atoms with E-state index in [1.165, 1.54) is 6.21 Å². The molecule has 0 unspecified atom stereocenters. The van der Waals surface area contributed by atoms with Crippen LogP contribution in [0.5, 0.6) is 0 Å². The lowest BCUT2D eigenvalue weighted by Crippen LogP contribution is -2.20. The van der Waals surface area contributed by atoms with Gasteiger partial charge in [-0.15, -0.1) is 0 Å². The first-order valence-corrected chi connectivity index (χ1v) is 7.70. The number of benzene rings is 1. The van der Waals surface area contributed by atoms with Crippen molar-refractivity contribution in [1.82, 2.24) is 10.4 Å². The molecule has 0 radical (unpaired) electrons. The second-order valence-corrected chi connectivity index (χ2v) is 5.52. The van der Waals surface area contributed by atoms with Crippen LogP contribution in [0, 0.1) is 6.92 Å². The Balaban J connectivity index is 1.75. The predicted octanol–water partition coefficient (Wildman–Crippen LogP) is 2.91. The number of hydrazone groups is 1. The molecule has 2 aromatic rings. The molecule has 6 nitrogen and oxygen atoms in total. The van der Waals surface area contributed by atoms with Crippen molar-refractivity contribution in [3.8, 4) is 0 Å². The molecule has 0 spiro atoms. The average Bonchev–Trinajstić information content (AvgIpc) is 2.56. The number of halogens is 1. The van der Waals surface area contributed by atoms with Gasteiger partial charge in [0.15, 0.2) is 0 Å². The summed E-state index contributed by atoms with van der Waals surface area (Å²) >= 11 is 5.87. The highest BCUT2D eigenvalue weighted by Gasteiger charge is 2.08. The van der Waals surface area contributed by atoms with Gasteiger partial charge >= 0.3 is 0 Å². The van der Waals surface area contributed by atoms with E-state index in [2.05, 4.69) is 20.8 Å². The minimum atomic E-state index is -0.330. The number of anilines is 1. The first-order chi connectivity index (χ1) is 11.5. The number of nitrogens with one attached hydrogen (secondary N) is 2. The fourth-order valence-electron chi connectivity index (χ4n) is 1.89. The molecule has 0 atom stereocenters. The molecule has 24 heavy (non-hydrogen) atoms. The number of pyridine rings is 1. The number of aromatic nitrogens is 1. The topological polar surface area (TPSA) is 83.5 Å². The van der Waals surface area contributed by atoms with E-state index < -0.39 is 0 Å². The van der Waals surface area contributed by atoms with Crippen molar-refractivity contribution in [3.63, 3.8) is 0 Å². The average molecular weight is 345 g/mol. The summed E-state index contributed by atoms with van der Waals surface area (Å²) in [6.07, 6.45) is 4.89. The largest absolute Gasteiger partial charge is 0.326 e. The van der Waals surface area contributed by atoms with Crippen LogP contribution in [0.1, 0.15) is 24.0 Å². The highest BCUT2D eigenvalue weighted by Crippen LogP contribution is 2.19. The Morgan fingerprint density at radius 2 is 1.88 bits per heavy atom. The molecular formula is C17H17ClN4O2. The number of rotatable bonds is 6. The van der Waals surface area contributed by atoms with Crippen molar-refractivity contribution in [2.75, 3.05) is 5.32 Å². The Morgan fingerprint density at radius 3 is 2.58 bits per heavy atom. The van der Waals surface area contributed by atoms with Gasteiger partial charge < -0.3 is 5.32 Å². The number of hydrogen-bond acceptors (Lipinski definition) is 4. The molecule has 0 aliphatic heterocycles. The second kappa shape index (κ2) is 8.79. The number of carbonyl (C=O) groups is 2. The van der Waals surface area contributed by atoms with E-state index in [-0.39, 0.29) is 24.7 Å². The van der Waals surface area contributed by atoms with Gasteiger partial charge in [0.05, 0.1) is 6.21 Å². The highest BCUT2D eigenvalue weighted by molar-refractivity contribution is 6.30. The molecule has 1 aromatic carbocycles. The minimum absolute atomic E-state index is 0.0478. The molecule has 124 valence electrons. The van der Waals surface area contributed by atoms with Crippen molar-refractivity contribution in [2.24, 2.45) is 5.10 Å². The first kappa shape index (κ1) is 17.6. The zero-order chi connectivity index (χ0) is 17.4. The van der Waals surface area contributed by atoms with Gasteiger partial charge in [0, 0.05) is 35.9 Å². The number of nitrogens with zero attached hydrogens (tertiary/aromatic N) is 2. The van der Waals surface area contributed by atoms with Crippen LogP contribution >= 0.6 is 11.6 Å². The van der Waals surface area contributed by atoms with E-state index in [1.807, 2.05) is 6.92 Å². The molecule has 0 saturated heterocycles. The molecule has 1 heterocycles. The molecule has 2 amide bonds. The number of carbonyl (C=O) groups excluding carboxylic acids is 2. The fraction of sp³-hybridized carbons (Fsp3) is 0.176. The van der Waals surface area contributed by atoms with E-state index in [1.54, 1.807) is 42.7 Å². The van der Waals surface area contributed by atoms with Crippen molar-refractivity contribution >= 4 is 35.3 Å². The van der Waals surface area contributed by atoms with E-state index in [0.29, 0.717) is 10.7 Å². The number of amides is 2. The zero-order valence-electron chi connectivity index (χ0n) is 13.1. The van der Waals surface area contributed by atoms with Gasteiger partial charge in [-0.25, -0.2) is 5.43 Å². The predicted molar refractivity (Wildman–Crippen MR) is 94.0 cm³/mol. The van der Waals surface area contributed by atoms with E-state index >= 15 is 0 Å². The van der Waals surface area contributed by atoms with Crippen LogP contribution in [-0.4, -0.2) is 23.0 Å². The quantitative estimate of drug-likeness (QED) is 0.624.